The first-order valence-electron chi connectivity index (χ1n) is 6.33. The van der Waals surface area contributed by atoms with Gasteiger partial charge in [-0.15, -0.1) is 0 Å². The molecule has 0 saturated heterocycles. The Labute approximate surface area is 133 Å². The number of aryl methyl sites for hydroxylation is 1. The van der Waals surface area contributed by atoms with E-state index in [2.05, 4.69) is 46.4 Å². The van der Waals surface area contributed by atoms with Crippen molar-refractivity contribution >= 4 is 27.5 Å². The maximum Gasteiger partial charge on any atom is 0.137 e. The molecule has 1 unspecified atom stereocenters. The van der Waals surface area contributed by atoms with Gasteiger partial charge < -0.3 is 10.1 Å². The quantitative estimate of drug-likeness (QED) is 0.857. The van der Waals surface area contributed by atoms with E-state index in [4.69, 9.17) is 16.3 Å². The van der Waals surface area contributed by atoms with Gasteiger partial charge in [-0.3, -0.25) is 0 Å². The van der Waals surface area contributed by atoms with Crippen LogP contribution in [0, 0.1) is 6.92 Å². The van der Waals surface area contributed by atoms with Crippen LogP contribution in [0.3, 0.4) is 0 Å². The van der Waals surface area contributed by atoms with E-state index in [0.29, 0.717) is 10.8 Å². The smallest absolute Gasteiger partial charge is 0.137 e. The average Bonchev–Trinajstić information content (AvgIpc) is 2.45. The summed E-state index contributed by atoms with van der Waals surface area (Å²) in [6.45, 7) is 2.09. The van der Waals surface area contributed by atoms with Crippen LogP contribution in [0.15, 0.2) is 40.9 Å². The summed E-state index contributed by atoms with van der Waals surface area (Å²) in [6, 6.07) is 12.3. The molecule has 1 N–H and O–H groups in total. The minimum Gasteiger partial charge on any atom is -0.495 e. The predicted octanol–water partition coefficient (Wildman–Crippen LogP) is 4.73. The zero-order chi connectivity index (χ0) is 14.7. The van der Waals surface area contributed by atoms with Gasteiger partial charge in [0.1, 0.15) is 5.75 Å². The van der Waals surface area contributed by atoms with Crippen molar-refractivity contribution in [2.24, 2.45) is 0 Å². The van der Waals surface area contributed by atoms with Gasteiger partial charge in [0.15, 0.2) is 0 Å². The van der Waals surface area contributed by atoms with E-state index in [1.165, 1.54) is 11.1 Å². The van der Waals surface area contributed by atoms with Crippen molar-refractivity contribution in [3.8, 4) is 5.75 Å². The van der Waals surface area contributed by atoms with Gasteiger partial charge in [-0.25, -0.2) is 0 Å². The van der Waals surface area contributed by atoms with Crippen LogP contribution in [0.2, 0.25) is 5.02 Å². The van der Waals surface area contributed by atoms with Gasteiger partial charge in [-0.1, -0.05) is 51.3 Å². The molecule has 2 aromatic rings. The lowest BCUT2D eigenvalue weighted by atomic mass is 9.97. The van der Waals surface area contributed by atoms with Crippen molar-refractivity contribution in [1.29, 1.82) is 0 Å². The van der Waals surface area contributed by atoms with Crippen LogP contribution in [0.25, 0.3) is 0 Å². The number of halogens is 2. The zero-order valence-electron chi connectivity index (χ0n) is 11.7. The highest BCUT2D eigenvalue weighted by Gasteiger charge is 2.16. The number of methoxy groups -OCH3 is 1. The van der Waals surface area contributed by atoms with E-state index in [1.54, 1.807) is 7.11 Å². The standard InChI is InChI=1S/C16H17BrClNO/c1-10-4-6-13(17)12(8-10)16(19-2)11-5-7-14(18)15(9-11)20-3/h4-9,16,19H,1-3H3. The van der Waals surface area contributed by atoms with Crippen LogP contribution >= 0.6 is 27.5 Å². The number of hydrogen-bond donors (Lipinski definition) is 1. The lowest BCUT2D eigenvalue weighted by Gasteiger charge is -2.20. The van der Waals surface area contributed by atoms with Gasteiger partial charge in [0.25, 0.3) is 0 Å². The van der Waals surface area contributed by atoms with E-state index in [1.807, 2.05) is 25.2 Å². The van der Waals surface area contributed by atoms with Crippen LogP contribution in [-0.2, 0) is 0 Å². The minimum absolute atomic E-state index is 0.0791. The molecule has 0 amide bonds. The Balaban J connectivity index is 2.49. The summed E-state index contributed by atoms with van der Waals surface area (Å²) in [5.41, 5.74) is 3.53. The Morgan fingerprint density at radius 3 is 2.60 bits per heavy atom. The molecule has 0 saturated carbocycles. The Hall–Kier alpha value is -1.03. The molecule has 0 radical (unpaired) electrons. The van der Waals surface area contributed by atoms with E-state index in [0.717, 1.165) is 10.0 Å². The Kier molecular flexibility index (Phi) is 5.08. The first kappa shape index (κ1) is 15.4. The molecule has 0 aromatic heterocycles. The van der Waals surface area contributed by atoms with Crippen molar-refractivity contribution < 1.29 is 4.74 Å². The topological polar surface area (TPSA) is 21.3 Å². The third-order valence-corrected chi connectivity index (χ3v) is 4.29. The molecule has 0 heterocycles. The fourth-order valence-corrected chi connectivity index (χ4v) is 2.91. The number of nitrogens with one attached hydrogen (secondary N) is 1. The first-order valence-corrected chi connectivity index (χ1v) is 7.50. The highest BCUT2D eigenvalue weighted by Crippen LogP contribution is 2.33. The molecule has 0 aliphatic heterocycles. The number of ether oxygens (including phenoxy) is 1. The maximum absolute atomic E-state index is 6.09. The summed E-state index contributed by atoms with van der Waals surface area (Å²) in [7, 11) is 3.57. The lowest BCUT2D eigenvalue weighted by Crippen LogP contribution is -2.18. The minimum atomic E-state index is 0.0791. The van der Waals surface area contributed by atoms with E-state index in [-0.39, 0.29) is 6.04 Å². The summed E-state index contributed by atoms with van der Waals surface area (Å²) >= 11 is 9.71. The van der Waals surface area contributed by atoms with Crippen molar-refractivity contribution in [3.05, 3.63) is 62.6 Å². The van der Waals surface area contributed by atoms with Crippen molar-refractivity contribution in [2.75, 3.05) is 14.2 Å². The summed E-state index contributed by atoms with van der Waals surface area (Å²) < 4.78 is 6.38. The fourth-order valence-electron chi connectivity index (χ4n) is 2.24. The molecule has 1 atom stereocenters. The molecule has 4 heteroatoms. The molecule has 0 aliphatic carbocycles. The first-order chi connectivity index (χ1) is 9.56. The molecule has 2 aromatic carbocycles. The molecule has 0 bridgehead atoms. The molecular formula is C16H17BrClNO. The van der Waals surface area contributed by atoms with E-state index in [9.17, 15) is 0 Å². The van der Waals surface area contributed by atoms with Gasteiger partial charge in [-0.05, 0) is 43.3 Å². The number of rotatable bonds is 4. The molecule has 2 nitrogen and oxygen atoms in total. The second-order valence-corrected chi connectivity index (χ2v) is 5.90. The van der Waals surface area contributed by atoms with Crippen LogP contribution < -0.4 is 10.1 Å². The van der Waals surface area contributed by atoms with Crippen LogP contribution in [-0.4, -0.2) is 14.2 Å². The van der Waals surface area contributed by atoms with Gasteiger partial charge in [-0.2, -0.15) is 0 Å². The number of hydrogen-bond acceptors (Lipinski definition) is 2. The average molecular weight is 355 g/mol. The zero-order valence-corrected chi connectivity index (χ0v) is 14.0. The molecule has 20 heavy (non-hydrogen) atoms. The SMILES string of the molecule is CNC(c1ccc(Cl)c(OC)c1)c1cc(C)ccc1Br. The Bertz CT molecular complexity index is 615. The Morgan fingerprint density at radius 2 is 1.95 bits per heavy atom. The highest BCUT2D eigenvalue weighted by molar-refractivity contribution is 9.10. The van der Waals surface area contributed by atoms with Crippen molar-refractivity contribution in [3.63, 3.8) is 0 Å². The summed E-state index contributed by atoms with van der Waals surface area (Å²) in [5.74, 6) is 0.688. The molecule has 0 fully saturated rings. The highest BCUT2D eigenvalue weighted by atomic mass is 79.9. The van der Waals surface area contributed by atoms with E-state index >= 15 is 0 Å². The van der Waals surface area contributed by atoms with Crippen LogP contribution in [0.1, 0.15) is 22.7 Å². The van der Waals surface area contributed by atoms with Crippen molar-refractivity contribution in [2.45, 2.75) is 13.0 Å². The summed E-state index contributed by atoms with van der Waals surface area (Å²) in [5, 5.41) is 3.96. The van der Waals surface area contributed by atoms with Gasteiger partial charge in [0.2, 0.25) is 0 Å². The number of benzene rings is 2. The van der Waals surface area contributed by atoms with Gasteiger partial charge in [0, 0.05) is 4.47 Å². The maximum atomic E-state index is 6.09. The largest absolute Gasteiger partial charge is 0.495 e. The molecule has 106 valence electrons. The van der Waals surface area contributed by atoms with Crippen LogP contribution in [0.4, 0.5) is 0 Å². The monoisotopic (exact) mass is 353 g/mol. The summed E-state index contributed by atoms with van der Waals surface area (Å²) in [4.78, 5) is 0. The third kappa shape index (κ3) is 3.17. The Morgan fingerprint density at radius 1 is 1.20 bits per heavy atom. The molecular weight excluding hydrogens is 338 g/mol. The van der Waals surface area contributed by atoms with Crippen LogP contribution in [0.5, 0.6) is 5.75 Å². The molecule has 0 aliphatic rings. The molecule has 2 rings (SSSR count). The van der Waals surface area contributed by atoms with Crippen molar-refractivity contribution in [1.82, 2.24) is 5.32 Å². The lowest BCUT2D eigenvalue weighted by molar-refractivity contribution is 0.414. The van der Waals surface area contributed by atoms with Gasteiger partial charge in [0.05, 0.1) is 18.2 Å². The summed E-state index contributed by atoms with van der Waals surface area (Å²) in [6.07, 6.45) is 0. The second-order valence-electron chi connectivity index (χ2n) is 4.64. The predicted molar refractivity (Wildman–Crippen MR) is 87.8 cm³/mol. The fraction of sp³-hybridized carbons (Fsp3) is 0.250. The van der Waals surface area contributed by atoms with Gasteiger partial charge >= 0.3 is 0 Å². The molecule has 0 spiro atoms. The third-order valence-electron chi connectivity index (χ3n) is 3.26. The van der Waals surface area contributed by atoms with E-state index < -0.39 is 0 Å². The normalized spacial score (nSPS) is 12.2. The second kappa shape index (κ2) is 6.61.